The van der Waals surface area contributed by atoms with Gasteiger partial charge in [-0.15, -0.1) is 0 Å². The molecule has 0 aliphatic carbocycles. The van der Waals surface area contributed by atoms with Crippen LogP contribution >= 0.6 is 0 Å². The van der Waals surface area contributed by atoms with Gasteiger partial charge in [0.15, 0.2) is 0 Å². The van der Waals surface area contributed by atoms with E-state index >= 15 is 0 Å². The SMILES string of the molecule is CC(C)(C=O)CC(C)(C)C(=O)C(C)(C)CO[Si](c1ccccc1)(c1ccccc1)C(C)(C)C. The number of benzene rings is 2. The molecule has 2 aromatic rings. The molecule has 0 amide bonds. The normalized spacial score (nSPS) is 13.6. The summed E-state index contributed by atoms with van der Waals surface area (Å²) in [6, 6.07) is 21.0. The Hall–Kier alpha value is -2.04. The summed E-state index contributed by atoms with van der Waals surface area (Å²) in [5, 5.41) is 2.26. The second kappa shape index (κ2) is 9.67. The predicted molar refractivity (Wildman–Crippen MR) is 141 cm³/mol. The van der Waals surface area contributed by atoms with E-state index in [1.165, 1.54) is 10.4 Å². The second-order valence-corrected chi connectivity index (χ2v) is 16.6. The topological polar surface area (TPSA) is 43.4 Å². The highest BCUT2D eigenvalue weighted by Crippen LogP contribution is 2.41. The zero-order valence-electron chi connectivity index (χ0n) is 22.0. The van der Waals surface area contributed by atoms with Crippen molar-refractivity contribution in [3.8, 4) is 0 Å². The number of ketones is 1. The lowest BCUT2D eigenvalue weighted by Crippen LogP contribution is -2.67. The smallest absolute Gasteiger partial charge is 0.261 e. The van der Waals surface area contributed by atoms with Gasteiger partial charge in [0, 0.05) is 22.9 Å². The van der Waals surface area contributed by atoms with Gasteiger partial charge >= 0.3 is 0 Å². The molecule has 0 saturated carbocycles. The number of hydrogen-bond donors (Lipinski definition) is 0. The Bertz CT molecular complexity index is 898. The van der Waals surface area contributed by atoms with Crippen LogP contribution in [0.1, 0.15) is 68.7 Å². The molecule has 33 heavy (non-hydrogen) atoms. The van der Waals surface area contributed by atoms with Gasteiger partial charge in [0.2, 0.25) is 0 Å². The molecule has 2 rings (SSSR count). The summed E-state index contributed by atoms with van der Waals surface area (Å²) in [6.07, 6.45) is 1.46. The van der Waals surface area contributed by atoms with Gasteiger partial charge in [-0.2, -0.15) is 0 Å². The number of Topliss-reactive ketones (excluding diaryl/α,β-unsaturated/α-hetero) is 1. The van der Waals surface area contributed by atoms with E-state index in [2.05, 4.69) is 69.3 Å². The lowest BCUT2D eigenvalue weighted by Gasteiger charge is -2.45. The van der Waals surface area contributed by atoms with E-state index in [1.807, 2.05) is 53.7 Å². The van der Waals surface area contributed by atoms with Crippen LogP contribution in [-0.2, 0) is 14.0 Å². The average Bonchev–Trinajstić information content (AvgIpc) is 2.73. The van der Waals surface area contributed by atoms with E-state index in [1.54, 1.807) is 0 Å². The third-order valence-corrected chi connectivity index (χ3v) is 11.5. The van der Waals surface area contributed by atoms with Gasteiger partial charge < -0.3 is 9.22 Å². The van der Waals surface area contributed by atoms with Crippen LogP contribution in [0, 0.1) is 16.2 Å². The van der Waals surface area contributed by atoms with Crippen LogP contribution in [0.5, 0.6) is 0 Å². The maximum atomic E-state index is 13.7. The molecule has 0 aromatic heterocycles. The van der Waals surface area contributed by atoms with E-state index < -0.39 is 24.6 Å². The van der Waals surface area contributed by atoms with Crippen molar-refractivity contribution in [1.29, 1.82) is 0 Å². The van der Waals surface area contributed by atoms with Gasteiger partial charge in [0.05, 0.1) is 0 Å². The fourth-order valence-corrected chi connectivity index (χ4v) is 10.0. The third-order valence-electron chi connectivity index (χ3n) is 6.51. The molecule has 0 N–H and O–H groups in total. The van der Waals surface area contributed by atoms with Gasteiger partial charge in [0.1, 0.15) is 12.1 Å². The van der Waals surface area contributed by atoms with Crippen LogP contribution < -0.4 is 10.4 Å². The number of rotatable bonds is 10. The molecule has 0 aliphatic rings. The minimum Gasteiger partial charge on any atom is -0.406 e. The average molecular weight is 467 g/mol. The number of carbonyl (C=O) groups is 2. The summed E-state index contributed by atoms with van der Waals surface area (Å²) in [7, 11) is -2.73. The number of carbonyl (C=O) groups excluding carboxylic acids is 2. The molecule has 3 nitrogen and oxygen atoms in total. The third kappa shape index (κ3) is 5.91. The van der Waals surface area contributed by atoms with E-state index in [4.69, 9.17) is 4.43 Å². The van der Waals surface area contributed by atoms with E-state index in [-0.39, 0.29) is 10.8 Å². The highest BCUT2D eigenvalue weighted by Gasteiger charge is 2.52. The standard InChI is InChI=1S/C29H42O3Si/c1-26(2,3)33(23-16-12-10-13-17-23,24-18-14-11-15-19-24)32-22-29(8,9)25(31)28(6,7)20-27(4,5)21-30/h10-19,21H,20,22H2,1-9H3. The molecular formula is C29H42O3Si. The lowest BCUT2D eigenvalue weighted by molar-refractivity contribution is -0.139. The highest BCUT2D eigenvalue weighted by molar-refractivity contribution is 6.99. The molecule has 0 heterocycles. The molecule has 0 bridgehead atoms. The van der Waals surface area contributed by atoms with Crippen LogP contribution in [0.3, 0.4) is 0 Å². The molecule has 2 aromatic carbocycles. The van der Waals surface area contributed by atoms with E-state index in [0.29, 0.717) is 13.0 Å². The lowest BCUT2D eigenvalue weighted by atomic mass is 9.67. The van der Waals surface area contributed by atoms with Crippen LogP contribution in [0.25, 0.3) is 0 Å². The van der Waals surface area contributed by atoms with Gasteiger partial charge in [-0.25, -0.2) is 0 Å². The van der Waals surface area contributed by atoms with Crippen molar-refractivity contribution in [2.45, 2.75) is 73.8 Å². The zero-order valence-corrected chi connectivity index (χ0v) is 23.0. The number of aldehydes is 1. The fourth-order valence-electron chi connectivity index (χ4n) is 5.29. The van der Waals surface area contributed by atoms with Gasteiger partial charge in [-0.05, 0) is 21.8 Å². The van der Waals surface area contributed by atoms with Crippen molar-refractivity contribution < 1.29 is 14.0 Å². The van der Waals surface area contributed by atoms with Gasteiger partial charge in [-0.1, -0.05) is 123 Å². The van der Waals surface area contributed by atoms with Crippen molar-refractivity contribution in [3.05, 3.63) is 60.7 Å². The Balaban J connectivity index is 2.50. The first kappa shape index (κ1) is 27.2. The van der Waals surface area contributed by atoms with Crippen LogP contribution in [-0.4, -0.2) is 27.0 Å². The first-order valence-corrected chi connectivity index (χ1v) is 13.8. The molecule has 0 aliphatic heterocycles. The molecule has 180 valence electrons. The van der Waals surface area contributed by atoms with Crippen molar-refractivity contribution in [3.63, 3.8) is 0 Å². The minimum atomic E-state index is -2.73. The first-order chi connectivity index (χ1) is 15.1. The summed E-state index contributed by atoms with van der Waals surface area (Å²) in [6.45, 7) is 18.7. The molecule has 0 unspecified atom stereocenters. The monoisotopic (exact) mass is 466 g/mol. The molecule has 0 saturated heterocycles. The Morgan fingerprint density at radius 2 is 1.18 bits per heavy atom. The van der Waals surface area contributed by atoms with Gasteiger partial charge in [0.25, 0.3) is 8.32 Å². The predicted octanol–water partition coefficient (Wildman–Crippen LogP) is 5.80. The van der Waals surface area contributed by atoms with Crippen molar-refractivity contribution in [2.75, 3.05) is 6.61 Å². The van der Waals surface area contributed by atoms with E-state index in [9.17, 15) is 9.59 Å². The Morgan fingerprint density at radius 3 is 1.55 bits per heavy atom. The molecule has 0 spiro atoms. The van der Waals surface area contributed by atoms with Gasteiger partial charge in [-0.3, -0.25) is 4.79 Å². The van der Waals surface area contributed by atoms with E-state index in [0.717, 1.165) is 6.29 Å². The van der Waals surface area contributed by atoms with Crippen molar-refractivity contribution >= 4 is 30.8 Å². The summed E-state index contributed by atoms with van der Waals surface area (Å²) in [5.41, 5.74) is -1.88. The molecule has 4 heteroatoms. The maximum Gasteiger partial charge on any atom is 0.261 e. The maximum absolute atomic E-state index is 13.7. The Kier molecular flexibility index (Phi) is 7.97. The largest absolute Gasteiger partial charge is 0.406 e. The Morgan fingerprint density at radius 1 is 0.758 bits per heavy atom. The van der Waals surface area contributed by atoms with Crippen molar-refractivity contribution in [2.24, 2.45) is 16.2 Å². The Labute approximate surface area is 202 Å². The summed E-state index contributed by atoms with van der Waals surface area (Å²) in [4.78, 5) is 25.3. The molecule has 0 atom stereocenters. The van der Waals surface area contributed by atoms with Crippen LogP contribution in [0.2, 0.25) is 5.04 Å². The first-order valence-electron chi connectivity index (χ1n) is 11.9. The van der Waals surface area contributed by atoms with Crippen LogP contribution in [0.4, 0.5) is 0 Å². The summed E-state index contributed by atoms with van der Waals surface area (Å²) >= 11 is 0. The summed E-state index contributed by atoms with van der Waals surface area (Å²) < 4.78 is 7.05. The minimum absolute atomic E-state index is 0.128. The van der Waals surface area contributed by atoms with Crippen molar-refractivity contribution in [1.82, 2.24) is 0 Å². The number of hydrogen-bond acceptors (Lipinski definition) is 3. The molecular weight excluding hydrogens is 424 g/mol. The van der Waals surface area contributed by atoms with Crippen LogP contribution in [0.15, 0.2) is 60.7 Å². The fraction of sp³-hybridized carbons (Fsp3) is 0.517. The molecule has 0 radical (unpaired) electrons. The second-order valence-electron chi connectivity index (χ2n) is 12.3. The quantitative estimate of drug-likeness (QED) is 0.328. The highest BCUT2D eigenvalue weighted by atomic mass is 28.4. The zero-order chi connectivity index (χ0) is 25.1. The summed E-state index contributed by atoms with van der Waals surface area (Å²) in [5.74, 6) is 0.128. The molecule has 0 fully saturated rings.